The van der Waals surface area contributed by atoms with Crippen LogP contribution in [0.15, 0.2) is 0 Å². The van der Waals surface area contributed by atoms with Crippen LogP contribution in [0.25, 0.3) is 0 Å². The van der Waals surface area contributed by atoms with Crippen molar-refractivity contribution < 1.29 is 24.4 Å². The fourth-order valence-electron chi connectivity index (χ4n) is 7.46. The van der Waals surface area contributed by atoms with Gasteiger partial charge in [-0.25, -0.2) is 0 Å². The van der Waals surface area contributed by atoms with Crippen LogP contribution in [0, 0.1) is 22.7 Å². The molecule has 2 heterocycles. The van der Waals surface area contributed by atoms with Crippen LogP contribution in [0.2, 0.25) is 0 Å². The standard InChI is InChI=1S/C22H38O5/c1-15-5-6-17-19(3)14-25-16(2)26-18(19)7-8-20(17,4)22(15)10-9-21(13-24,27-22)11-12-23/h15-18,23-24H,5-14H2,1-4H3/t15-,16+,17+,18+,19+,20+,21-,22-/m1/s1. The van der Waals surface area contributed by atoms with Crippen molar-refractivity contribution in [3.8, 4) is 0 Å². The minimum Gasteiger partial charge on any atom is -0.396 e. The number of hydrogen-bond donors (Lipinski definition) is 2. The van der Waals surface area contributed by atoms with E-state index >= 15 is 0 Å². The van der Waals surface area contributed by atoms with E-state index in [2.05, 4.69) is 20.8 Å². The summed E-state index contributed by atoms with van der Waals surface area (Å²) in [6.07, 6.45) is 6.92. The Morgan fingerprint density at radius 3 is 2.48 bits per heavy atom. The molecule has 2 saturated heterocycles. The summed E-state index contributed by atoms with van der Waals surface area (Å²) in [5, 5.41) is 19.7. The van der Waals surface area contributed by atoms with Gasteiger partial charge in [-0.3, -0.25) is 0 Å². The van der Waals surface area contributed by atoms with Gasteiger partial charge < -0.3 is 24.4 Å². The highest BCUT2D eigenvalue weighted by Crippen LogP contribution is 2.68. The summed E-state index contributed by atoms with van der Waals surface area (Å²) in [6.45, 7) is 9.93. The van der Waals surface area contributed by atoms with Crippen molar-refractivity contribution in [1.29, 1.82) is 0 Å². The number of aliphatic hydroxyl groups excluding tert-OH is 2. The summed E-state index contributed by atoms with van der Waals surface area (Å²) >= 11 is 0. The van der Waals surface area contributed by atoms with Crippen molar-refractivity contribution >= 4 is 0 Å². The highest BCUT2D eigenvalue weighted by atomic mass is 16.7. The van der Waals surface area contributed by atoms with Crippen LogP contribution < -0.4 is 0 Å². The number of ether oxygens (including phenoxy) is 3. The molecular formula is C22H38O5. The minimum atomic E-state index is -0.584. The summed E-state index contributed by atoms with van der Waals surface area (Å²) in [5.41, 5.74) is -0.766. The zero-order valence-electron chi connectivity index (χ0n) is 17.5. The second kappa shape index (κ2) is 6.66. The second-order valence-electron chi connectivity index (χ2n) is 10.3. The molecule has 0 amide bonds. The summed E-state index contributed by atoms with van der Waals surface area (Å²) in [5.74, 6) is 0.937. The molecule has 2 saturated carbocycles. The normalized spacial score (nSPS) is 55.3. The summed E-state index contributed by atoms with van der Waals surface area (Å²) in [7, 11) is 0. The molecule has 4 fully saturated rings. The Bertz CT molecular complexity index is 569. The topological polar surface area (TPSA) is 68.2 Å². The molecule has 4 aliphatic rings. The maximum absolute atomic E-state index is 10.1. The lowest BCUT2D eigenvalue weighted by molar-refractivity contribution is -0.325. The van der Waals surface area contributed by atoms with Crippen LogP contribution in [-0.2, 0) is 14.2 Å². The van der Waals surface area contributed by atoms with Gasteiger partial charge in [0.15, 0.2) is 6.29 Å². The zero-order chi connectivity index (χ0) is 19.5. The van der Waals surface area contributed by atoms with Crippen LogP contribution >= 0.6 is 0 Å². The van der Waals surface area contributed by atoms with Crippen LogP contribution in [0.1, 0.15) is 72.6 Å². The molecule has 2 aliphatic heterocycles. The number of rotatable bonds is 3. The molecule has 2 N–H and O–H groups in total. The molecule has 27 heavy (non-hydrogen) atoms. The van der Waals surface area contributed by atoms with Crippen LogP contribution in [-0.4, -0.2) is 53.6 Å². The van der Waals surface area contributed by atoms with Crippen molar-refractivity contribution in [2.75, 3.05) is 19.8 Å². The maximum Gasteiger partial charge on any atom is 0.155 e. The molecule has 0 radical (unpaired) electrons. The molecule has 0 aromatic heterocycles. The van der Waals surface area contributed by atoms with Gasteiger partial charge in [-0.2, -0.15) is 0 Å². The third-order valence-corrected chi connectivity index (χ3v) is 9.07. The molecule has 8 atom stereocenters. The first-order valence-corrected chi connectivity index (χ1v) is 10.9. The molecule has 4 rings (SSSR count). The minimum absolute atomic E-state index is 0.00753. The van der Waals surface area contributed by atoms with E-state index < -0.39 is 5.60 Å². The Morgan fingerprint density at radius 2 is 1.78 bits per heavy atom. The van der Waals surface area contributed by atoms with E-state index in [0.29, 0.717) is 18.3 Å². The summed E-state index contributed by atoms with van der Waals surface area (Å²) < 4.78 is 19.1. The second-order valence-corrected chi connectivity index (χ2v) is 10.3. The van der Waals surface area contributed by atoms with E-state index in [4.69, 9.17) is 14.2 Å². The van der Waals surface area contributed by atoms with E-state index in [1.165, 1.54) is 6.42 Å². The lowest BCUT2D eigenvalue weighted by Gasteiger charge is -2.66. The van der Waals surface area contributed by atoms with E-state index in [1.807, 2.05) is 6.92 Å². The van der Waals surface area contributed by atoms with Crippen molar-refractivity contribution in [3.05, 3.63) is 0 Å². The van der Waals surface area contributed by atoms with Crippen LogP contribution in [0.4, 0.5) is 0 Å². The van der Waals surface area contributed by atoms with Crippen LogP contribution in [0.3, 0.4) is 0 Å². The van der Waals surface area contributed by atoms with Crippen molar-refractivity contribution in [2.24, 2.45) is 22.7 Å². The lowest BCUT2D eigenvalue weighted by atomic mass is 9.43. The SMILES string of the molecule is C[C@H]1OC[C@]2(C)[C@H](CC[C@@]3(C)[C@H]2CC[C@@H](C)[C@]32CC[C@](CO)(CCO)O2)O1. The van der Waals surface area contributed by atoms with E-state index in [1.54, 1.807) is 0 Å². The summed E-state index contributed by atoms with van der Waals surface area (Å²) in [4.78, 5) is 0. The first-order chi connectivity index (χ1) is 12.8. The Balaban J connectivity index is 1.70. The molecule has 0 aromatic carbocycles. The average Bonchev–Trinajstić information content (AvgIpc) is 3.03. The molecule has 0 aromatic rings. The largest absolute Gasteiger partial charge is 0.396 e. The molecule has 0 unspecified atom stereocenters. The fourth-order valence-corrected chi connectivity index (χ4v) is 7.46. The van der Waals surface area contributed by atoms with Gasteiger partial charge in [0.25, 0.3) is 0 Å². The molecular weight excluding hydrogens is 344 g/mol. The number of aliphatic hydroxyl groups is 2. The third kappa shape index (κ3) is 2.68. The van der Waals surface area contributed by atoms with Gasteiger partial charge in [0.05, 0.1) is 30.5 Å². The summed E-state index contributed by atoms with van der Waals surface area (Å²) in [6, 6.07) is 0. The first kappa shape index (κ1) is 20.1. The number of fused-ring (bicyclic) bond motifs is 4. The van der Waals surface area contributed by atoms with Crippen molar-refractivity contribution in [1.82, 2.24) is 0 Å². The smallest absolute Gasteiger partial charge is 0.155 e. The highest BCUT2D eigenvalue weighted by molar-refractivity contribution is 5.18. The number of hydrogen-bond acceptors (Lipinski definition) is 5. The Labute approximate surface area is 163 Å². The Kier molecular flexibility index (Phi) is 4.96. The molecule has 156 valence electrons. The zero-order valence-corrected chi connectivity index (χ0v) is 17.5. The van der Waals surface area contributed by atoms with Crippen LogP contribution in [0.5, 0.6) is 0 Å². The lowest BCUT2D eigenvalue weighted by Crippen LogP contribution is -2.68. The molecule has 5 nitrogen and oxygen atoms in total. The molecule has 0 bridgehead atoms. The fraction of sp³-hybridized carbons (Fsp3) is 1.00. The van der Waals surface area contributed by atoms with E-state index in [0.717, 1.165) is 38.7 Å². The molecule has 5 heteroatoms. The predicted molar refractivity (Wildman–Crippen MR) is 102 cm³/mol. The van der Waals surface area contributed by atoms with Crippen molar-refractivity contribution in [3.63, 3.8) is 0 Å². The van der Waals surface area contributed by atoms with Gasteiger partial charge in [-0.05, 0) is 57.3 Å². The van der Waals surface area contributed by atoms with E-state index in [9.17, 15) is 10.2 Å². The Morgan fingerprint density at radius 1 is 1.00 bits per heavy atom. The van der Waals surface area contributed by atoms with Gasteiger partial charge >= 0.3 is 0 Å². The monoisotopic (exact) mass is 382 g/mol. The predicted octanol–water partition coefficient (Wildman–Crippen LogP) is 3.26. The third-order valence-electron chi connectivity index (χ3n) is 9.07. The molecule has 2 aliphatic carbocycles. The first-order valence-electron chi connectivity index (χ1n) is 10.9. The average molecular weight is 383 g/mol. The highest BCUT2D eigenvalue weighted by Gasteiger charge is 2.69. The quantitative estimate of drug-likeness (QED) is 0.784. The van der Waals surface area contributed by atoms with Gasteiger partial charge in [0.2, 0.25) is 0 Å². The van der Waals surface area contributed by atoms with Gasteiger partial charge in [0, 0.05) is 23.9 Å². The van der Waals surface area contributed by atoms with Gasteiger partial charge in [0.1, 0.15) is 0 Å². The van der Waals surface area contributed by atoms with Gasteiger partial charge in [-0.1, -0.05) is 20.8 Å². The Hall–Kier alpha value is -0.200. The van der Waals surface area contributed by atoms with E-state index in [-0.39, 0.29) is 42.0 Å². The maximum atomic E-state index is 10.1. The van der Waals surface area contributed by atoms with Gasteiger partial charge in [-0.15, -0.1) is 0 Å². The molecule has 1 spiro atoms. The van der Waals surface area contributed by atoms with Crippen molar-refractivity contribution in [2.45, 2.75) is 96.2 Å².